The van der Waals surface area contributed by atoms with Crippen molar-refractivity contribution < 1.29 is 23.9 Å². The SMILES string of the molecule is CCOC(=O)C1=C(C)NC(C)(c2ccccc2)C(C(=O)OCC)C1Nc1nc(C(N)=O)cs1. The van der Waals surface area contributed by atoms with Gasteiger partial charge in [0.15, 0.2) is 5.13 Å². The zero-order valence-corrected chi connectivity index (χ0v) is 19.8. The van der Waals surface area contributed by atoms with E-state index in [-0.39, 0.29) is 24.5 Å². The molecule has 0 saturated heterocycles. The fraction of sp³-hybridized carbons (Fsp3) is 0.391. The summed E-state index contributed by atoms with van der Waals surface area (Å²) in [5, 5.41) is 8.42. The van der Waals surface area contributed by atoms with E-state index in [1.54, 1.807) is 20.8 Å². The van der Waals surface area contributed by atoms with E-state index >= 15 is 0 Å². The molecule has 1 aliphatic rings. The molecule has 4 N–H and O–H groups in total. The first kappa shape index (κ1) is 24.2. The summed E-state index contributed by atoms with van der Waals surface area (Å²) >= 11 is 1.15. The molecule has 10 heteroatoms. The van der Waals surface area contributed by atoms with Gasteiger partial charge < -0.3 is 25.8 Å². The van der Waals surface area contributed by atoms with Crippen molar-refractivity contribution in [1.82, 2.24) is 10.3 Å². The smallest absolute Gasteiger partial charge is 0.337 e. The van der Waals surface area contributed by atoms with Crippen molar-refractivity contribution in [3.8, 4) is 0 Å². The lowest BCUT2D eigenvalue weighted by molar-refractivity contribution is -0.152. The Morgan fingerprint density at radius 2 is 1.85 bits per heavy atom. The highest BCUT2D eigenvalue weighted by Crippen LogP contribution is 2.42. The van der Waals surface area contributed by atoms with E-state index in [1.807, 2.05) is 37.3 Å². The Hall–Kier alpha value is -3.40. The van der Waals surface area contributed by atoms with Crippen molar-refractivity contribution in [2.45, 2.75) is 39.3 Å². The largest absolute Gasteiger partial charge is 0.466 e. The molecule has 1 aliphatic heterocycles. The molecule has 9 nitrogen and oxygen atoms in total. The van der Waals surface area contributed by atoms with E-state index in [2.05, 4.69) is 15.6 Å². The molecule has 0 spiro atoms. The molecule has 1 aromatic heterocycles. The first-order valence-corrected chi connectivity index (χ1v) is 11.5. The topological polar surface area (TPSA) is 133 Å². The van der Waals surface area contributed by atoms with Crippen LogP contribution >= 0.6 is 11.3 Å². The van der Waals surface area contributed by atoms with Crippen LogP contribution in [0.2, 0.25) is 0 Å². The molecule has 0 fully saturated rings. The third kappa shape index (κ3) is 4.85. The maximum Gasteiger partial charge on any atom is 0.337 e. The van der Waals surface area contributed by atoms with Gasteiger partial charge >= 0.3 is 11.9 Å². The van der Waals surface area contributed by atoms with Crippen LogP contribution in [0.25, 0.3) is 0 Å². The Morgan fingerprint density at radius 3 is 2.42 bits per heavy atom. The average molecular weight is 473 g/mol. The minimum absolute atomic E-state index is 0.0910. The van der Waals surface area contributed by atoms with Crippen molar-refractivity contribution in [3.05, 3.63) is 58.2 Å². The highest BCUT2D eigenvalue weighted by atomic mass is 32.1. The Labute approximate surface area is 196 Å². The van der Waals surface area contributed by atoms with E-state index in [4.69, 9.17) is 15.2 Å². The van der Waals surface area contributed by atoms with Crippen molar-refractivity contribution in [3.63, 3.8) is 0 Å². The minimum Gasteiger partial charge on any atom is -0.466 e. The van der Waals surface area contributed by atoms with Gasteiger partial charge in [0.25, 0.3) is 5.91 Å². The minimum atomic E-state index is -0.922. The predicted molar refractivity (Wildman–Crippen MR) is 124 cm³/mol. The van der Waals surface area contributed by atoms with Crippen LogP contribution in [0.1, 0.15) is 43.7 Å². The fourth-order valence-corrected chi connectivity index (χ4v) is 4.88. The number of rotatable bonds is 8. The Morgan fingerprint density at radius 1 is 1.18 bits per heavy atom. The van der Waals surface area contributed by atoms with E-state index in [0.717, 1.165) is 16.9 Å². The molecule has 3 rings (SSSR count). The van der Waals surface area contributed by atoms with Gasteiger partial charge in [-0.2, -0.15) is 0 Å². The van der Waals surface area contributed by atoms with E-state index in [0.29, 0.717) is 10.8 Å². The summed E-state index contributed by atoms with van der Waals surface area (Å²) in [5.74, 6) is -2.59. The third-order valence-electron chi connectivity index (χ3n) is 5.56. The quantitative estimate of drug-likeness (QED) is 0.499. The van der Waals surface area contributed by atoms with Crippen molar-refractivity contribution >= 4 is 34.3 Å². The van der Waals surface area contributed by atoms with Crippen LogP contribution in [0.5, 0.6) is 0 Å². The number of anilines is 1. The van der Waals surface area contributed by atoms with Crippen LogP contribution < -0.4 is 16.4 Å². The van der Waals surface area contributed by atoms with Crippen LogP contribution in [0.4, 0.5) is 5.13 Å². The molecular weight excluding hydrogens is 444 g/mol. The summed E-state index contributed by atoms with van der Waals surface area (Å²) in [6, 6.07) is 8.63. The standard InChI is InChI=1S/C23H28N4O5S/c1-5-31-20(29)16-13(3)27-23(4,14-10-8-7-9-11-14)17(21(30)32-6-2)18(16)26-22-25-15(12-33-22)19(24)28/h7-12,17-18,27H,5-6H2,1-4H3,(H2,24,28)(H,25,26). The number of hydrogen-bond acceptors (Lipinski definition) is 9. The number of nitrogens with two attached hydrogens (primary N) is 1. The van der Waals surface area contributed by atoms with Crippen LogP contribution in [-0.4, -0.2) is 42.1 Å². The molecule has 2 aromatic rings. The van der Waals surface area contributed by atoms with Crippen molar-refractivity contribution in [1.29, 1.82) is 0 Å². The molecule has 176 valence electrons. The first-order chi connectivity index (χ1) is 15.7. The number of carbonyl (C=O) groups is 3. The van der Waals surface area contributed by atoms with Gasteiger partial charge in [0.2, 0.25) is 0 Å². The number of benzene rings is 1. The highest BCUT2D eigenvalue weighted by molar-refractivity contribution is 7.13. The van der Waals surface area contributed by atoms with Crippen LogP contribution in [-0.2, 0) is 24.6 Å². The van der Waals surface area contributed by atoms with Crippen LogP contribution in [0, 0.1) is 5.92 Å². The Kier molecular flexibility index (Phi) is 7.37. The second-order valence-corrected chi connectivity index (χ2v) is 8.56. The summed E-state index contributed by atoms with van der Waals surface area (Å²) in [7, 11) is 0. The number of amides is 1. The van der Waals surface area contributed by atoms with Gasteiger partial charge in [-0.1, -0.05) is 30.3 Å². The summed E-state index contributed by atoms with van der Waals surface area (Å²) in [6.07, 6.45) is 0. The van der Waals surface area contributed by atoms with Gasteiger partial charge in [-0.05, 0) is 33.3 Å². The lowest BCUT2D eigenvalue weighted by Gasteiger charge is -2.47. The average Bonchev–Trinajstić information content (AvgIpc) is 3.23. The maximum absolute atomic E-state index is 13.4. The summed E-state index contributed by atoms with van der Waals surface area (Å²) < 4.78 is 10.8. The monoisotopic (exact) mass is 472 g/mol. The highest BCUT2D eigenvalue weighted by Gasteiger charge is 2.53. The number of nitrogens with zero attached hydrogens (tertiary/aromatic N) is 1. The van der Waals surface area contributed by atoms with E-state index < -0.39 is 35.3 Å². The second kappa shape index (κ2) is 10.0. The Balaban J connectivity index is 2.18. The molecule has 3 atom stereocenters. The molecular formula is C23H28N4O5S. The molecule has 3 unspecified atom stereocenters. The molecule has 33 heavy (non-hydrogen) atoms. The van der Waals surface area contributed by atoms with Gasteiger partial charge in [0, 0.05) is 11.1 Å². The van der Waals surface area contributed by atoms with Crippen LogP contribution in [0.3, 0.4) is 0 Å². The number of aromatic nitrogens is 1. The summed E-state index contributed by atoms with van der Waals surface area (Å²) in [6.45, 7) is 7.44. The number of carbonyl (C=O) groups excluding carboxylic acids is 3. The zero-order valence-electron chi connectivity index (χ0n) is 19.0. The lowest BCUT2D eigenvalue weighted by Crippen LogP contribution is -2.60. The zero-order chi connectivity index (χ0) is 24.2. The number of primary amides is 1. The number of ether oxygens (including phenoxy) is 2. The number of thiazole rings is 1. The fourth-order valence-electron chi connectivity index (χ4n) is 4.14. The van der Waals surface area contributed by atoms with Crippen molar-refractivity contribution in [2.24, 2.45) is 11.7 Å². The second-order valence-electron chi connectivity index (χ2n) is 7.71. The Bertz CT molecular complexity index is 1070. The maximum atomic E-state index is 13.4. The third-order valence-corrected chi connectivity index (χ3v) is 6.34. The van der Waals surface area contributed by atoms with Gasteiger partial charge in [-0.25, -0.2) is 9.78 Å². The molecule has 1 amide bonds. The van der Waals surface area contributed by atoms with Crippen LogP contribution in [0.15, 0.2) is 47.0 Å². The first-order valence-electron chi connectivity index (χ1n) is 10.6. The van der Waals surface area contributed by atoms with E-state index in [9.17, 15) is 14.4 Å². The molecule has 0 aliphatic carbocycles. The van der Waals surface area contributed by atoms with Gasteiger partial charge in [0.1, 0.15) is 11.6 Å². The normalized spacial score (nSPS) is 22.3. The number of allylic oxidation sites excluding steroid dienone is 1. The van der Waals surface area contributed by atoms with Crippen molar-refractivity contribution in [2.75, 3.05) is 18.5 Å². The summed E-state index contributed by atoms with van der Waals surface area (Å²) in [5.41, 5.74) is 6.18. The number of nitrogens with one attached hydrogen (secondary N) is 2. The van der Waals surface area contributed by atoms with Gasteiger partial charge in [-0.15, -0.1) is 11.3 Å². The number of esters is 2. The molecule has 0 radical (unpaired) electrons. The predicted octanol–water partition coefficient (Wildman–Crippen LogP) is 2.56. The molecule has 0 bridgehead atoms. The van der Waals surface area contributed by atoms with Gasteiger partial charge in [0.05, 0.1) is 30.4 Å². The number of hydrogen-bond donors (Lipinski definition) is 3. The molecule has 0 saturated carbocycles. The molecule has 2 heterocycles. The summed E-state index contributed by atoms with van der Waals surface area (Å²) in [4.78, 5) is 42.1. The molecule has 1 aromatic carbocycles. The van der Waals surface area contributed by atoms with E-state index in [1.165, 1.54) is 5.38 Å². The van der Waals surface area contributed by atoms with Gasteiger partial charge in [-0.3, -0.25) is 9.59 Å². The lowest BCUT2D eigenvalue weighted by atomic mass is 9.70.